The largest absolute Gasteiger partial charge is 0.478 e. The second-order valence-electron chi connectivity index (χ2n) is 5.27. The SMILES string of the molecule is CCCCOc1ccc(-c2ccc(Br)cn2)c(OCCCC)n1. The second-order valence-corrected chi connectivity index (χ2v) is 6.18. The van der Waals surface area contributed by atoms with E-state index in [-0.39, 0.29) is 0 Å². The molecule has 0 saturated carbocycles. The van der Waals surface area contributed by atoms with E-state index in [1.54, 1.807) is 6.20 Å². The summed E-state index contributed by atoms with van der Waals surface area (Å²) in [5, 5.41) is 0. The van der Waals surface area contributed by atoms with Gasteiger partial charge in [-0.2, -0.15) is 4.98 Å². The van der Waals surface area contributed by atoms with E-state index in [4.69, 9.17) is 9.47 Å². The van der Waals surface area contributed by atoms with Crippen molar-refractivity contribution in [3.63, 3.8) is 0 Å². The molecule has 0 unspecified atom stereocenters. The lowest BCUT2D eigenvalue weighted by Crippen LogP contribution is -2.04. The van der Waals surface area contributed by atoms with Gasteiger partial charge in [0.25, 0.3) is 0 Å². The zero-order chi connectivity index (χ0) is 16.5. The average molecular weight is 379 g/mol. The van der Waals surface area contributed by atoms with Crippen molar-refractivity contribution in [1.82, 2.24) is 9.97 Å². The molecule has 2 aromatic heterocycles. The van der Waals surface area contributed by atoms with E-state index >= 15 is 0 Å². The van der Waals surface area contributed by atoms with Crippen LogP contribution in [0.5, 0.6) is 11.8 Å². The van der Waals surface area contributed by atoms with Crippen LogP contribution in [0.25, 0.3) is 11.3 Å². The van der Waals surface area contributed by atoms with Crippen LogP contribution in [0.3, 0.4) is 0 Å². The van der Waals surface area contributed by atoms with Crippen molar-refractivity contribution in [3.8, 4) is 23.0 Å². The number of ether oxygens (including phenoxy) is 2. The molecule has 0 aliphatic carbocycles. The first kappa shape index (κ1) is 17.7. The van der Waals surface area contributed by atoms with Crippen molar-refractivity contribution in [3.05, 3.63) is 34.9 Å². The van der Waals surface area contributed by atoms with Gasteiger partial charge in [0, 0.05) is 16.7 Å². The van der Waals surface area contributed by atoms with Gasteiger partial charge < -0.3 is 9.47 Å². The predicted molar refractivity (Wildman–Crippen MR) is 96.0 cm³/mol. The molecule has 2 heterocycles. The van der Waals surface area contributed by atoms with Crippen LogP contribution < -0.4 is 9.47 Å². The molecular weight excluding hydrogens is 356 g/mol. The van der Waals surface area contributed by atoms with Crippen LogP contribution in [0.2, 0.25) is 0 Å². The molecule has 0 saturated heterocycles. The fraction of sp³-hybridized carbons (Fsp3) is 0.444. The van der Waals surface area contributed by atoms with Crippen molar-refractivity contribution in [2.45, 2.75) is 39.5 Å². The minimum Gasteiger partial charge on any atom is -0.478 e. The number of unbranched alkanes of at least 4 members (excludes halogenated alkanes) is 2. The van der Waals surface area contributed by atoms with Gasteiger partial charge in [-0.25, -0.2) is 0 Å². The number of rotatable bonds is 9. The predicted octanol–water partition coefficient (Wildman–Crippen LogP) is 5.26. The van der Waals surface area contributed by atoms with Crippen LogP contribution in [0.1, 0.15) is 39.5 Å². The summed E-state index contributed by atoms with van der Waals surface area (Å²) in [6.45, 7) is 5.59. The number of pyridine rings is 2. The second kappa shape index (κ2) is 9.50. The summed E-state index contributed by atoms with van der Waals surface area (Å²) < 4.78 is 12.5. The summed E-state index contributed by atoms with van der Waals surface area (Å²) in [4.78, 5) is 8.95. The normalized spacial score (nSPS) is 10.6. The smallest absolute Gasteiger partial charge is 0.226 e. The highest BCUT2D eigenvalue weighted by atomic mass is 79.9. The van der Waals surface area contributed by atoms with Gasteiger partial charge in [0.1, 0.15) is 0 Å². The lowest BCUT2D eigenvalue weighted by molar-refractivity contribution is 0.274. The van der Waals surface area contributed by atoms with Crippen LogP contribution in [-0.2, 0) is 0 Å². The lowest BCUT2D eigenvalue weighted by Gasteiger charge is -2.12. The molecule has 0 amide bonds. The molecule has 0 aliphatic rings. The van der Waals surface area contributed by atoms with Gasteiger partial charge in [-0.1, -0.05) is 26.7 Å². The quantitative estimate of drug-likeness (QED) is 0.557. The topological polar surface area (TPSA) is 44.2 Å². The highest BCUT2D eigenvalue weighted by Crippen LogP contribution is 2.30. The Bertz CT molecular complexity index is 602. The molecule has 2 rings (SSSR count). The van der Waals surface area contributed by atoms with Crippen molar-refractivity contribution < 1.29 is 9.47 Å². The third kappa shape index (κ3) is 5.50. The summed E-state index contributed by atoms with van der Waals surface area (Å²) >= 11 is 3.41. The summed E-state index contributed by atoms with van der Waals surface area (Å²) in [6.07, 6.45) is 5.97. The van der Waals surface area contributed by atoms with Gasteiger partial charge in [-0.05, 0) is 47.0 Å². The molecule has 124 valence electrons. The molecule has 0 N–H and O–H groups in total. The molecule has 2 aromatic rings. The van der Waals surface area contributed by atoms with Crippen LogP contribution in [-0.4, -0.2) is 23.2 Å². The van der Waals surface area contributed by atoms with Gasteiger partial charge in [0.05, 0.1) is 24.5 Å². The van der Waals surface area contributed by atoms with Crippen molar-refractivity contribution >= 4 is 15.9 Å². The Hall–Kier alpha value is -1.62. The third-order valence-electron chi connectivity index (χ3n) is 3.32. The first-order valence-electron chi connectivity index (χ1n) is 8.13. The minimum atomic E-state index is 0.585. The summed E-state index contributed by atoms with van der Waals surface area (Å²) in [6, 6.07) is 7.75. The molecular formula is C18H23BrN2O2. The van der Waals surface area contributed by atoms with Gasteiger partial charge in [-0.15, -0.1) is 0 Å². The number of hydrogen-bond donors (Lipinski definition) is 0. The van der Waals surface area contributed by atoms with Crippen LogP contribution in [0.4, 0.5) is 0 Å². The number of nitrogens with zero attached hydrogens (tertiary/aromatic N) is 2. The minimum absolute atomic E-state index is 0.585. The van der Waals surface area contributed by atoms with E-state index in [1.807, 2.05) is 24.3 Å². The highest BCUT2D eigenvalue weighted by Gasteiger charge is 2.11. The standard InChI is InChI=1S/C18H23BrN2O2/c1-3-5-11-22-17-10-8-15(16-9-7-14(19)13-20-16)18(21-17)23-12-6-4-2/h7-10,13H,3-6,11-12H2,1-2H3. The lowest BCUT2D eigenvalue weighted by atomic mass is 10.2. The molecule has 0 atom stereocenters. The Morgan fingerprint density at radius 1 is 0.957 bits per heavy atom. The first-order chi connectivity index (χ1) is 11.2. The average Bonchev–Trinajstić information content (AvgIpc) is 2.57. The molecule has 4 nitrogen and oxygen atoms in total. The maximum absolute atomic E-state index is 5.87. The van der Waals surface area contributed by atoms with Gasteiger partial charge in [0.2, 0.25) is 11.8 Å². The van der Waals surface area contributed by atoms with E-state index in [9.17, 15) is 0 Å². The monoisotopic (exact) mass is 378 g/mol. The molecule has 0 spiro atoms. The third-order valence-corrected chi connectivity index (χ3v) is 3.79. The van der Waals surface area contributed by atoms with Gasteiger partial charge in [0.15, 0.2) is 0 Å². The summed E-state index contributed by atoms with van der Waals surface area (Å²) in [7, 11) is 0. The molecule has 0 fully saturated rings. The molecule has 0 radical (unpaired) electrons. The van der Waals surface area contributed by atoms with Crippen LogP contribution in [0.15, 0.2) is 34.9 Å². The molecule has 0 aromatic carbocycles. The Kier molecular flexibility index (Phi) is 7.33. The number of aromatic nitrogens is 2. The zero-order valence-electron chi connectivity index (χ0n) is 13.7. The summed E-state index contributed by atoms with van der Waals surface area (Å²) in [5.41, 5.74) is 1.73. The maximum atomic E-state index is 5.87. The van der Waals surface area contributed by atoms with E-state index in [1.165, 1.54) is 0 Å². The van der Waals surface area contributed by atoms with Crippen LogP contribution >= 0.6 is 15.9 Å². The Morgan fingerprint density at radius 2 is 1.70 bits per heavy atom. The van der Waals surface area contributed by atoms with Gasteiger partial charge >= 0.3 is 0 Å². The zero-order valence-corrected chi connectivity index (χ0v) is 15.3. The Labute approximate surface area is 146 Å². The van der Waals surface area contributed by atoms with Crippen molar-refractivity contribution in [2.75, 3.05) is 13.2 Å². The fourth-order valence-electron chi connectivity index (χ4n) is 1.98. The van der Waals surface area contributed by atoms with Crippen molar-refractivity contribution in [2.24, 2.45) is 0 Å². The molecule has 23 heavy (non-hydrogen) atoms. The fourth-order valence-corrected chi connectivity index (χ4v) is 2.21. The first-order valence-corrected chi connectivity index (χ1v) is 8.92. The van der Waals surface area contributed by atoms with E-state index in [0.717, 1.165) is 41.4 Å². The Morgan fingerprint density at radius 3 is 2.35 bits per heavy atom. The van der Waals surface area contributed by atoms with E-state index in [0.29, 0.717) is 25.0 Å². The molecule has 0 bridgehead atoms. The van der Waals surface area contributed by atoms with E-state index in [2.05, 4.69) is 39.7 Å². The maximum Gasteiger partial charge on any atom is 0.226 e. The van der Waals surface area contributed by atoms with Crippen molar-refractivity contribution in [1.29, 1.82) is 0 Å². The number of hydrogen-bond acceptors (Lipinski definition) is 4. The van der Waals surface area contributed by atoms with Crippen LogP contribution in [0, 0.1) is 0 Å². The highest BCUT2D eigenvalue weighted by molar-refractivity contribution is 9.10. The number of halogens is 1. The summed E-state index contributed by atoms with van der Waals surface area (Å²) in [5.74, 6) is 1.19. The van der Waals surface area contributed by atoms with E-state index < -0.39 is 0 Å². The van der Waals surface area contributed by atoms with Gasteiger partial charge in [-0.3, -0.25) is 4.98 Å². The Balaban J connectivity index is 2.22. The molecule has 0 aliphatic heterocycles. The molecule has 5 heteroatoms.